The van der Waals surface area contributed by atoms with E-state index in [1.807, 2.05) is 43.3 Å². The molecule has 1 aromatic rings. The van der Waals surface area contributed by atoms with Crippen molar-refractivity contribution in [2.24, 2.45) is 0 Å². The second-order valence-corrected chi connectivity index (χ2v) is 5.88. The lowest BCUT2D eigenvalue weighted by molar-refractivity contribution is 0.127. The summed E-state index contributed by atoms with van der Waals surface area (Å²) in [5.74, 6) is 0. The van der Waals surface area contributed by atoms with Gasteiger partial charge in [-0.25, -0.2) is 4.18 Å². The summed E-state index contributed by atoms with van der Waals surface area (Å²) in [6.45, 7) is 1.89. The van der Waals surface area contributed by atoms with E-state index >= 15 is 0 Å². The van der Waals surface area contributed by atoms with Crippen LogP contribution in [-0.2, 0) is 20.7 Å². The number of hydrogen-bond acceptors (Lipinski definition) is 4. The van der Waals surface area contributed by atoms with E-state index in [9.17, 15) is 13.7 Å². The van der Waals surface area contributed by atoms with Crippen molar-refractivity contribution in [2.45, 2.75) is 31.8 Å². The van der Waals surface area contributed by atoms with E-state index in [0.29, 0.717) is 12.8 Å². The zero-order chi connectivity index (χ0) is 13.6. The highest BCUT2D eigenvalue weighted by Crippen LogP contribution is 2.25. The molecular weight excluding hydrogens is 250 g/mol. The van der Waals surface area contributed by atoms with E-state index in [2.05, 4.69) is 0 Å². The van der Waals surface area contributed by atoms with Gasteiger partial charge in [0.2, 0.25) is 0 Å². The van der Waals surface area contributed by atoms with E-state index in [1.54, 1.807) is 0 Å². The van der Waals surface area contributed by atoms with Crippen molar-refractivity contribution < 1.29 is 12.6 Å². The summed E-state index contributed by atoms with van der Waals surface area (Å²) in [4.78, 5) is 0. The van der Waals surface area contributed by atoms with Crippen molar-refractivity contribution in [3.63, 3.8) is 0 Å². The minimum Gasteiger partial charge on any atom is -0.248 e. The Morgan fingerprint density at radius 3 is 2.39 bits per heavy atom. The Kier molecular flexibility index (Phi) is 4.88. The SMILES string of the molecule is CCCC(C#N)(Cc1ccccc1)OS(C)(=O)=O. The fourth-order valence-corrected chi connectivity index (χ4v) is 2.65. The molecule has 0 aliphatic heterocycles. The predicted molar refractivity (Wildman–Crippen MR) is 69.3 cm³/mol. The van der Waals surface area contributed by atoms with Crippen molar-refractivity contribution in [1.82, 2.24) is 0 Å². The van der Waals surface area contributed by atoms with Crippen molar-refractivity contribution in [1.29, 1.82) is 5.26 Å². The lowest BCUT2D eigenvalue weighted by atomic mass is 9.92. The van der Waals surface area contributed by atoms with E-state index in [0.717, 1.165) is 11.8 Å². The summed E-state index contributed by atoms with van der Waals surface area (Å²) in [6, 6.07) is 11.3. The van der Waals surface area contributed by atoms with Crippen LogP contribution in [0.25, 0.3) is 0 Å². The summed E-state index contributed by atoms with van der Waals surface area (Å²) in [5.41, 5.74) is -0.417. The van der Waals surface area contributed by atoms with E-state index < -0.39 is 15.7 Å². The highest BCUT2D eigenvalue weighted by atomic mass is 32.2. The van der Waals surface area contributed by atoms with Crippen LogP contribution in [0.5, 0.6) is 0 Å². The molecule has 1 unspecified atom stereocenters. The average Bonchev–Trinajstić information content (AvgIpc) is 2.28. The Morgan fingerprint density at radius 1 is 1.33 bits per heavy atom. The molecule has 0 fully saturated rings. The average molecular weight is 267 g/mol. The molecule has 0 heterocycles. The standard InChI is InChI=1S/C13H17NO3S/c1-3-9-13(11-14,17-18(2,15)16)10-12-7-5-4-6-8-12/h4-8H,3,9-10H2,1-2H3. The van der Waals surface area contributed by atoms with Crippen molar-refractivity contribution in [3.8, 4) is 6.07 Å². The Labute approximate surface area is 108 Å². The molecule has 0 aromatic heterocycles. The minimum absolute atomic E-state index is 0.269. The normalized spacial score (nSPS) is 14.7. The second kappa shape index (κ2) is 5.98. The van der Waals surface area contributed by atoms with E-state index in [-0.39, 0.29) is 6.42 Å². The Morgan fingerprint density at radius 2 is 1.94 bits per heavy atom. The largest absolute Gasteiger partial charge is 0.265 e. The summed E-state index contributed by atoms with van der Waals surface area (Å²) in [7, 11) is -3.66. The molecule has 5 heteroatoms. The van der Waals surface area contributed by atoms with E-state index in [4.69, 9.17) is 4.18 Å². The molecule has 0 N–H and O–H groups in total. The van der Waals surface area contributed by atoms with Gasteiger partial charge in [0.15, 0.2) is 5.60 Å². The zero-order valence-electron chi connectivity index (χ0n) is 10.6. The first kappa shape index (κ1) is 14.7. The van der Waals surface area contributed by atoms with Gasteiger partial charge in [-0.05, 0) is 12.0 Å². The van der Waals surface area contributed by atoms with Crippen LogP contribution in [0.2, 0.25) is 0 Å². The predicted octanol–water partition coefficient (Wildman–Crippen LogP) is 2.27. The second-order valence-electron chi connectivity index (χ2n) is 4.31. The van der Waals surface area contributed by atoms with Gasteiger partial charge < -0.3 is 0 Å². The third kappa shape index (κ3) is 4.47. The van der Waals surface area contributed by atoms with Gasteiger partial charge in [-0.3, -0.25) is 0 Å². The van der Waals surface area contributed by atoms with Gasteiger partial charge in [0.25, 0.3) is 10.1 Å². The maximum absolute atomic E-state index is 11.3. The molecule has 0 spiro atoms. The molecule has 0 bridgehead atoms. The van der Waals surface area contributed by atoms with Gasteiger partial charge in [-0.1, -0.05) is 43.7 Å². The first-order valence-electron chi connectivity index (χ1n) is 5.76. The molecule has 18 heavy (non-hydrogen) atoms. The molecular formula is C13H17NO3S. The summed E-state index contributed by atoms with van der Waals surface area (Å²) < 4.78 is 27.6. The monoisotopic (exact) mass is 267 g/mol. The Bertz CT molecular complexity index is 519. The van der Waals surface area contributed by atoms with Crippen LogP contribution in [0.1, 0.15) is 25.3 Å². The fourth-order valence-electron chi connectivity index (χ4n) is 1.89. The number of rotatable bonds is 6. The Balaban J connectivity index is 3.01. The summed E-state index contributed by atoms with van der Waals surface area (Å²) in [6.07, 6.45) is 2.30. The molecule has 1 aromatic carbocycles. The van der Waals surface area contributed by atoms with Gasteiger partial charge >= 0.3 is 0 Å². The lowest BCUT2D eigenvalue weighted by Crippen LogP contribution is -2.35. The van der Waals surface area contributed by atoms with Crippen LogP contribution in [0.15, 0.2) is 30.3 Å². The molecule has 1 rings (SSSR count). The van der Waals surface area contributed by atoms with Gasteiger partial charge in [0.1, 0.15) is 0 Å². The first-order valence-corrected chi connectivity index (χ1v) is 7.58. The topological polar surface area (TPSA) is 67.2 Å². The molecule has 0 radical (unpaired) electrons. The minimum atomic E-state index is -3.66. The highest BCUT2D eigenvalue weighted by molar-refractivity contribution is 7.86. The van der Waals surface area contributed by atoms with Gasteiger partial charge in [0, 0.05) is 6.42 Å². The summed E-state index contributed by atoms with van der Waals surface area (Å²) >= 11 is 0. The zero-order valence-corrected chi connectivity index (χ0v) is 11.4. The number of benzene rings is 1. The van der Waals surface area contributed by atoms with Crippen LogP contribution in [0, 0.1) is 11.3 Å². The maximum atomic E-state index is 11.3. The molecule has 0 saturated heterocycles. The van der Waals surface area contributed by atoms with Crippen molar-refractivity contribution >= 4 is 10.1 Å². The summed E-state index contributed by atoms with van der Waals surface area (Å²) in [5, 5.41) is 9.29. The van der Waals surface area contributed by atoms with Crippen LogP contribution >= 0.6 is 0 Å². The molecule has 4 nitrogen and oxygen atoms in total. The number of hydrogen-bond donors (Lipinski definition) is 0. The fraction of sp³-hybridized carbons (Fsp3) is 0.462. The van der Waals surface area contributed by atoms with Crippen LogP contribution in [0.4, 0.5) is 0 Å². The van der Waals surface area contributed by atoms with Crippen LogP contribution in [-0.4, -0.2) is 20.3 Å². The first-order chi connectivity index (χ1) is 8.41. The van der Waals surface area contributed by atoms with Gasteiger partial charge in [-0.2, -0.15) is 13.7 Å². The van der Waals surface area contributed by atoms with Crippen LogP contribution in [0.3, 0.4) is 0 Å². The van der Waals surface area contributed by atoms with Gasteiger partial charge in [-0.15, -0.1) is 0 Å². The third-order valence-electron chi connectivity index (χ3n) is 2.50. The van der Waals surface area contributed by atoms with Crippen molar-refractivity contribution in [3.05, 3.63) is 35.9 Å². The smallest absolute Gasteiger partial charge is 0.248 e. The molecule has 1 atom stereocenters. The molecule has 98 valence electrons. The number of nitriles is 1. The molecule has 0 aliphatic rings. The van der Waals surface area contributed by atoms with E-state index in [1.165, 1.54) is 0 Å². The third-order valence-corrected chi connectivity index (χ3v) is 3.12. The lowest BCUT2D eigenvalue weighted by Gasteiger charge is -2.25. The number of nitrogens with zero attached hydrogens (tertiary/aromatic N) is 1. The molecule has 0 amide bonds. The quantitative estimate of drug-likeness (QED) is 0.741. The van der Waals surface area contributed by atoms with Gasteiger partial charge in [0.05, 0.1) is 12.3 Å². The van der Waals surface area contributed by atoms with Crippen molar-refractivity contribution in [2.75, 3.05) is 6.26 Å². The highest BCUT2D eigenvalue weighted by Gasteiger charge is 2.34. The molecule has 0 saturated carbocycles. The molecule has 0 aliphatic carbocycles. The Hall–Kier alpha value is -1.38. The maximum Gasteiger partial charge on any atom is 0.265 e. The van der Waals surface area contributed by atoms with Crippen LogP contribution < -0.4 is 0 Å².